The van der Waals surface area contributed by atoms with E-state index in [-0.39, 0.29) is 0 Å². The summed E-state index contributed by atoms with van der Waals surface area (Å²) in [5.41, 5.74) is 1.13. The highest BCUT2D eigenvalue weighted by Crippen LogP contribution is 2.33. The Labute approximate surface area is 129 Å². The minimum absolute atomic E-state index is 0.576. The van der Waals surface area contributed by atoms with E-state index in [1.54, 1.807) is 14.2 Å². The molecule has 1 fully saturated rings. The summed E-state index contributed by atoms with van der Waals surface area (Å²) in [6, 6.07) is 6.65. The summed E-state index contributed by atoms with van der Waals surface area (Å²) in [6.07, 6.45) is 6.56. The molecule has 1 saturated carbocycles. The third-order valence-corrected chi connectivity index (χ3v) is 4.71. The average Bonchev–Trinajstić information content (AvgIpc) is 2.72. The van der Waals surface area contributed by atoms with Gasteiger partial charge < -0.3 is 14.8 Å². The molecule has 0 radical (unpaired) electrons. The van der Waals surface area contributed by atoms with Crippen LogP contribution >= 0.6 is 0 Å². The second-order valence-corrected chi connectivity index (χ2v) is 6.42. The maximum absolute atomic E-state index is 5.37. The molecule has 2 atom stereocenters. The second-order valence-electron chi connectivity index (χ2n) is 6.42. The van der Waals surface area contributed by atoms with Gasteiger partial charge in [-0.25, -0.2) is 0 Å². The molecule has 0 amide bonds. The summed E-state index contributed by atoms with van der Waals surface area (Å²) in [5, 5.41) is 3.67. The fourth-order valence-electron chi connectivity index (χ4n) is 3.30. The van der Waals surface area contributed by atoms with Crippen molar-refractivity contribution in [1.82, 2.24) is 0 Å². The van der Waals surface area contributed by atoms with Crippen LogP contribution in [0.25, 0.3) is 0 Å². The molecule has 1 aliphatic rings. The monoisotopic (exact) mass is 291 g/mol. The van der Waals surface area contributed by atoms with Crippen LogP contribution in [0.5, 0.6) is 11.5 Å². The first-order valence-electron chi connectivity index (χ1n) is 8.12. The molecule has 1 N–H and O–H groups in total. The quantitative estimate of drug-likeness (QED) is 0.796. The lowest BCUT2D eigenvalue weighted by Gasteiger charge is -2.20. The fraction of sp³-hybridized carbons (Fsp3) is 0.667. The minimum atomic E-state index is 0.576. The molecule has 0 spiro atoms. The molecule has 3 heteroatoms. The van der Waals surface area contributed by atoms with Gasteiger partial charge in [-0.1, -0.05) is 26.7 Å². The second kappa shape index (κ2) is 7.58. The van der Waals surface area contributed by atoms with Crippen molar-refractivity contribution >= 4 is 5.69 Å². The lowest BCUT2D eigenvalue weighted by Crippen LogP contribution is -2.18. The number of hydrogen-bond donors (Lipinski definition) is 1. The number of nitrogens with one attached hydrogen (secondary N) is 1. The fourth-order valence-corrected chi connectivity index (χ4v) is 3.30. The Balaban J connectivity index is 1.98. The molecule has 1 aromatic rings. The third-order valence-electron chi connectivity index (χ3n) is 4.71. The predicted molar refractivity (Wildman–Crippen MR) is 88.4 cm³/mol. The lowest BCUT2D eigenvalue weighted by molar-refractivity contribution is 0.341. The first kappa shape index (κ1) is 16.0. The van der Waals surface area contributed by atoms with Crippen LogP contribution < -0.4 is 14.8 Å². The Morgan fingerprint density at radius 1 is 1.00 bits per heavy atom. The maximum Gasteiger partial charge on any atom is 0.162 e. The van der Waals surface area contributed by atoms with Gasteiger partial charge in [-0.05, 0) is 43.2 Å². The van der Waals surface area contributed by atoms with Gasteiger partial charge in [0.05, 0.1) is 14.2 Å². The SMILES string of the molecule is COc1ccc(NC2CCCC(C(C)C)CC2)cc1OC. The van der Waals surface area contributed by atoms with Crippen molar-refractivity contribution in [3.05, 3.63) is 18.2 Å². The average molecular weight is 291 g/mol. The highest BCUT2D eigenvalue weighted by Gasteiger charge is 2.21. The number of ether oxygens (including phenoxy) is 2. The van der Waals surface area contributed by atoms with Crippen molar-refractivity contribution in [3.8, 4) is 11.5 Å². The van der Waals surface area contributed by atoms with Gasteiger partial charge in [0.15, 0.2) is 11.5 Å². The molecule has 0 aliphatic heterocycles. The number of anilines is 1. The summed E-state index contributed by atoms with van der Waals surface area (Å²) >= 11 is 0. The molecule has 1 aromatic carbocycles. The molecule has 2 rings (SSSR count). The topological polar surface area (TPSA) is 30.5 Å². The number of rotatable bonds is 5. The van der Waals surface area contributed by atoms with Crippen LogP contribution in [0.4, 0.5) is 5.69 Å². The van der Waals surface area contributed by atoms with Gasteiger partial charge in [-0.3, -0.25) is 0 Å². The molecule has 0 aromatic heterocycles. The molecule has 21 heavy (non-hydrogen) atoms. The molecule has 118 valence electrons. The Morgan fingerprint density at radius 2 is 1.76 bits per heavy atom. The standard InChI is InChI=1S/C18H29NO2/c1-13(2)14-6-5-7-15(9-8-14)19-16-10-11-17(20-3)18(12-16)21-4/h10-15,19H,5-9H2,1-4H3. The van der Waals surface area contributed by atoms with Gasteiger partial charge in [0.25, 0.3) is 0 Å². The molecule has 0 bridgehead atoms. The van der Waals surface area contributed by atoms with Gasteiger partial charge in [0.1, 0.15) is 0 Å². The van der Waals surface area contributed by atoms with Crippen molar-refractivity contribution in [2.75, 3.05) is 19.5 Å². The Morgan fingerprint density at radius 3 is 2.43 bits per heavy atom. The van der Waals surface area contributed by atoms with Crippen molar-refractivity contribution < 1.29 is 9.47 Å². The van der Waals surface area contributed by atoms with Gasteiger partial charge in [0.2, 0.25) is 0 Å². The largest absolute Gasteiger partial charge is 0.493 e. The first-order chi connectivity index (χ1) is 10.1. The van der Waals surface area contributed by atoms with Crippen LogP contribution in [0, 0.1) is 11.8 Å². The van der Waals surface area contributed by atoms with Crippen LogP contribution in [0.1, 0.15) is 46.0 Å². The molecular formula is C18H29NO2. The van der Waals surface area contributed by atoms with E-state index >= 15 is 0 Å². The van der Waals surface area contributed by atoms with Gasteiger partial charge in [-0.2, -0.15) is 0 Å². The molecule has 2 unspecified atom stereocenters. The van der Waals surface area contributed by atoms with Crippen LogP contribution in [-0.4, -0.2) is 20.3 Å². The number of hydrogen-bond acceptors (Lipinski definition) is 3. The highest BCUT2D eigenvalue weighted by atomic mass is 16.5. The van der Waals surface area contributed by atoms with E-state index < -0.39 is 0 Å². The highest BCUT2D eigenvalue weighted by molar-refractivity contribution is 5.55. The maximum atomic E-state index is 5.37. The molecule has 1 aliphatic carbocycles. The van der Waals surface area contributed by atoms with Crippen molar-refractivity contribution in [2.45, 2.75) is 52.0 Å². The number of methoxy groups -OCH3 is 2. The Hall–Kier alpha value is -1.38. The third kappa shape index (κ3) is 4.29. The summed E-state index contributed by atoms with van der Waals surface area (Å²) in [5.74, 6) is 3.27. The zero-order valence-corrected chi connectivity index (χ0v) is 13.8. The first-order valence-corrected chi connectivity index (χ1v) is 8.12. The Kier molecular flexibility index (Phi) is 5.77. The van der Waals surface area contributed by atoms with Crippen LogP contribution in [-0.2, 0) is 0 Å². The summed E-state index contributed by atoms with van der Waals surface area (Å²) in [6.45, 7) is 4.71. The van der Waals surface area contributed by atoms with Crippen molar-refractivity contribution in [2.24, 2.45) is 11.8 Å². The van der Waals surface area contributed by atoms with Gasteiger partial charge in [-0.15, -0.1) is 0 Å². The van der Waals surface area contributed by atoms with E-state index in [0.717, 1.165) is 29.0 Å². The molecule has 0 saturated heterocycles. The molecule has 0 heterocycles. The van der Waals surface area contributed by atoms with E-state index in [9.17, 15) is 0 Å². The molecular weight excluding hydrogens is 262 g/mol. The lowest BCUT2D eigenvalue weighted by atomic mass is 9.89. The van der Waals surface area contributed by atoms with Crippen LogP contribution in [0.15, 0.2) is 18.2 Å². The van der Waals surface area contributed by atoms with Crippen molar-refractivity contribution in [1.29, 1.82) is 0 Å². The normalized spacial score (nSPS) is 22.7. The van der Waals surface area contributed by atoms with E-state index in [0.29, 0.717) is 6.04 Å². The van der Waals surface area contributed by atoms with Crippen LogP contribution in [0.2, 0.25) is 0 Å². The summed E-state index contributed by atoms with van der Waals surface area (Å²) in [4.78, 5) is 0. The smallest absolute Gasteiger partial charge is 0.162 e. The Bertz CT molecular complexity index is 445. The van der Waals surface area contributed by atoms with E-state index in [2.05, 4.69) is 25.2 Å². The summed E-state index contributed by atoms with van der Waals surface area (Å²) in [7, 11) is 3.35. The zero-order valence-electron chi connectivity index (χ0n) is 13.8. The van der Waals surface area contributed by atoms with Crippen molar-refractivity contribution in [3.63, 3.8) is 0 Å². The van der Waals surface area contributed by atoms with Crippen LogP contribution in [0.3, 0.4) is 0 Å². The van der Waals surface area contributed by atoms with E-state index in [4.69, 9.17) is 9.47 Å². The van der Waals surface area contributed by atoms with Gasteiger partial charge >= 0.3 is 0 Å². The number of benzene rings is 1. The van der Waals surface area contributed by atoms with E-state index in [1.165, 1.54) is 32.1 Å². The van der Waals surface area contributed by atoms with Gasteiger partial charge in [0, 0.05) is 17.8 Å². The zero-order chi connectivity index (χ0) is 15.2. The van der Waals surface area contributed by atoms with E-state index in [1.807, 2.05) is 12.1 Å². The minimum Gasteiger partial charge on any atom is -0.493 e. The predicted octanol–water partition coefficient (Wildman–Crippen LogP) is 4.72. The summed E-state index contributed by atoms with van der Waals surface area (Å²) < 4.78 is 10.7. The molecule has 3 nitrogen and oxygen atoms in total.